The van der Waals surface area contributed by atoms with E-state index in [-0.39, 0.29) is 44.0 Å². The van der Waals surface area contributed by atoms with Crippen molar-refractivity contribution in [3.63, 3.8) is 0 Å². The van der Waals surface area contributed by atoms with Crippen LogP contribution in [0, 0.1) is 0 Å². The quantitative estimate of drug-likeness (QED) is 0.0893. The van der Waals surface area contributed by atoms with Gasteiger partial charge in [-0.2, -0.15) is 0 Å². The van der Waals surface area contributed by atoms with Crippen LogP contribution in [0.1, 0.15) is 30.9 Å². The molecule has 1 N–H and O–H groups in total. The Kier molecular flexibility index (Phi) is 14.5. The van der Waals surface area contributed by atoms with E-state index in [0.717, 1.165) is 0 Å². The zero-order chi connectivity index (χ0) is 32.5. The lowest BCUT2D eigenvalue weighted by molar-refractivity contribution is -0.143. The van der Waals surface area contributed by atoms with Crippen LogP contribution >= 0.6 is 0 Å². The Morgan fingerprint density at radius 3 is 1.64 bits per heavy atom. The number of benzene rings is 2. The summed E-state index contributed by atoms with van der Waals surface area (Å²) in [6.07, 6.45) is 5.43. The predicted octanol–water partition coefficient (Wildman–Crippen LogP) is 4.26. The summed E-state index contributed by atoms with van der Waals surface area (Å²) >= 11 is 0. The summed E-state index contributed by atoms with van der Waals surface area (Å²) in [6.45, 7) is 1.25. The van der Waals surface area contributed by atoms with Gasteiger partial charge in [0, 0.05) is 12.0 Å². The zero-order valence-electron chi connectivity index (χ0n) is 25.2. The number of allylic oxidation sites excluding steroid dienone is 3. The van der Waals surface area contributed by atoms with E-state index in [9.17, 15) is 24.3 Å². The summed E-state index contributed by atoms with van der Waals surface area (Å²) < 4.78 is 35.5. The number of aliphatic hydroxyl groups is 1. The van der Waals surface area contributed by atoms with Crippen molar-refractivity contribution >= 4 is 35.8 Å². The first-order valence-electron chi connectivity index (χ1n) is 13.4. The Balaban J connectivity index is 2.31. The number of aliphatic hydroxyl groups excluding tert-OH is 1. The van der Waals surface area contributed by atoms with Gasteiger partial charge >= 0.3 is 17.9 Å². The van der Waals surface area contributed by atoms with Gasteiger partial charge in [-0.25, -0.2) is 9.59 Å². The number of esters is 3. The summed E-state index contributed by atoms with van der Waals surface area (Å²) in [5.41, 5.74) is 1.15. The molecule has 44 heavy (non-hydrogen) atoms. The maximum atomic E-state index is 13.2. The van der Waals surface area contributed by atoms with Gasteiger partial charge in [0.25, 0.3) is 0 Å². The number of methoxy groups -OCH3 is 4. The second-order valence-corrected chi connectivity index (χ2v) is 8.75. The Hall–Kier alpha value is -5.26. The fraction of sp³-hybridized carbons (Fsp3) is 0.312. The van der Waals surface area contributed by atoms with E-state index < -0.39 is 23.7 Å². The Morgan fingerprint density at radius 2 is 1.18 bits per heavy atom. The maximum Gasteiger partial charge on any atom is 0.343 e. The molecule has 0 spiro atoms. The fourth-order valence-corrected chi connectivity index (χ4v) is 3.59. The van der Waals surface area contributed by atoms with Gasteiger partial charge in [0.15, 0.2) is 42.0 Å². The highest BCUT2D eigenvalue weighted by atomic mass is 16.6. The largest absolute Gasteiger partial charge is 0.508 e. The normalized spacial score (nSPS) is 11.5. The summed E-state index contributed by atoms with van der Waals surface area (Å²) in [5.74, 6) is -1.24. The van der Waals surface area contributed by atoms with Gasteiger partial charge in [0.2, 0.25) is 0 Å². The summed E-state index contributed by atoms with van der Waals surface area (Å²) in [4.78, 5) is 48.0. The first-order valence-corrected chi connectivity index (χ1v) is 13.4. The summed E-state index contributed by atoms with van der Waals surface area (Å²) in [7, 11) is 5.36. The Bertz CT molecular complexity index is 1400. The molecule has 0 bridgehead atoms. The van der Waals surface area contributed by atoms with Crippen LogP contribution in [0.15, 0.2) is 59.9 Å². The molecule has 0 aromatic heterocycles. The standard InChI is InChI=1S/C32H36O12/c1-6-42-30(35)16-11-23(24(33)12-7-21-9-14-26(28(17-21)38-2)43-19-31(36)40-4)25(34)13-8-22-10-15-27(29(18-22)39-3)44-20-32(37)41-5/h7-10,12-15,17-18,33H,6,11,16,19-20H2,1-5H3/b12-7+,13-8+,24-23-. The molecule has 0 unspecified atom stereocenters. The van der Waals surface area contributed by atoms with E-state index >= 15 is 0 Å². The van der Waals surface area contributed by atoms with Crippen LogP contribution in [0.2, 0.25) is 0 Å². The minimum absolute atomic E-state index is 0.0134. The van der Waals surface area contributed by atoms with E-state index in [1.165, 1.54) is 46.7 Å². The molecule has 0 aliphatic carbocycles. The molecule has 2 rings (SSSR count). The average Bonchev–Trinajstić information content (AvgIpc) is 3.04. The molecule has 0 aliphatic heterocycles. The van der Waals surface area contributed by atoms with E-state index in [1.807, 2.05) is 0 Å². The molecule has 0 fully saturated rings. The van der Waals surface area contributed by atoms with E-state index in [0.29, 0.717) is 34.1 Å². The van der Waals surface area contributed by atoms with Gasteiger partial charge in [-0.3, -0.25) is 9.59 Å². The number of hydrogen-bond donors (Lipinski definition) is 1. The van der Waals surface area contributed by atoms with Crippen molar-refractivity contribution in [3.05, 3.63) is 71.0 Å². The van der Waals surface area contributed by atoms with Crippen molar-refractivity contribution in [1.82, 2.24) is 0 Å². The van der Waals surface area contributed by atoms with Crippen LogP contribution in [0.3, 0.4) is 0 Å². The van der Waals surface area contributed by atoms with Crippen LogP contribution in [-0.2, 0) is 33.4 Å². The van der Waals surface area contributed by atoms with Gasteiger partial charge in [-0.05, 0) is 60.9 Å². The highest BCUT2D eigenvalue weighted by molar-refractivity contribution is 6.07. The highest BCUT2D eigenvalue weighted by Crippen LogP contribution is 2.30. The molecular formula is C32H36O12. The number of carbonyl (C=O) groups excluding carboxylic acids is 4. The lowest BCUT2D eigenvalue weighted by Crippen LogP contribution is -2.12. The molecular weight excluding hydrogens is 576 g/mol. The van der Waals surface area contributed by atoms with E-state index in [1.54, 1.807) is 49.4 Å². The number of ether oxygens (including phenoxy) is 7. The maximum absolute atomic E-state index is 13.2. The van der Waals surface area contributed by atoms with Crippen molar-refractivity contribution in [1.29, 1.82) is 0 Å². The molecule has 0 amide bonds. The number of hydrogen-bond acceptors (Lipinski definition) is 12. The summed E-state index contributed by atoms with van der Waals surface area (Å²) in [6, 6.07) is 9.67. The molecule has 2 aromatic rings. The average molecular weight is 613 g/mol. The Labute approximate surface area is 255 Å². The number of rotatable bonds is 17. The first-order chi connectivity index (χ1) is 21.1. The number of carbonyl (C=O) groups is 4. The zero-order valence-corrected chi connectivity index (χ0v) is 25.2. The van der Waals surface area contributed by atoms with Crippen LogP contribution in [0.4, 0.5) is 0 Å². The highest BCUT2D eigenvalue weighted by Gasteiger charge is 2.15. The van der Waals surface area contributed by atoms with Crippen LogP contribution < -0.4 is 18.9 Å². The minimum Gasteiger partial charge on any atom is -0.508 e. The molecule has 0 saturated heterocycles. The lowest BCUT2D eigenvalue weighted by Gasteiger charge is -2.11. The molecule has 0 atom stereocenters. The first kappa shape index (κ1) is 34.9. The van der Waals surface area contributed by atoms with E-state index in [4.69, 9.17) is 23.7 Å². The van der Waals surface area contributed by atoms with Crippen LogP contribution in [-0.4, -0.2) is 77.1 Å². The fourth-order valence-electron chi connectivity index (χ4n) is 3.59. The molecule has 0 heterocycles. The van der Waals surface area contributed by atoms with Gasteiger partial charge in [0.05, 0.1) is 35.0 Å². The number of ketones is 1. The lowest BCUT2D eigenvalue weighted by atomic mass is 10.0. The van der Waals surface area contributed by atoms with Gasteiger partial charge in [-0.15, -0.1) is 0 Å². The molecule has 12 heteroatoms. The third-order valence-corrected chi connectivity index (χ3v) is 5.87. The minimum atomic E-state index is -0.557. The van der Waals surface area contributed by atoms with Gasteiger partial charge in [0.1, 0.15) is 5.76 Å². The predicted molar refractivity (Wildman–Crippen MR) is 160 cm³/mol. The molecule has 0 aliphatic rings. The van der Waals surface area contributed by atoms with E-state index in [2.05, 4.69) is 9.47 Å². The monoisotopic (exact) mass is 612 g/mol. The smallest absolute Gasteiger partial charge is 0.343 e. The summed E-state index contributed by atoms with van der Waals surface area (Å²) in [5, 5.41) is 10.9. The van der Waals surface area contributed by atoms with Crippen molar-refractivity contribution in [2.75, 3.05) is 48.3 Å². The second kappa shape index (κ2) is 18.3. The van der Waals surface area contributed by atoms with Crippen molar-refractivity contribution in [3.8, 4) is 23.0 Å². The molecule has 0 radical (unpaired) electrons. The third kappa shape index (κ3) is 11.2. The van der Waals surface area contributed by atoms with Crippen molar-refractivity contribution < 1.29 is 57.4 Å². The molecule has 236 valence electrons. The molecule has 0 saturated carbocycles. The molecule has 12 nitrogen and oxygen atoms in total. The van der Waals surface area contributed by atoms with Gasteiger partial charge in [-0.1, -0.05) is 24.3 Å². The van der Waals surface area contributed by atoms with Gasteiger partial charge < -0.3 is 38.3 Å². The third-order valence-electron chi connectivity index (χ3n) is 5.87. The molecule has 2 aromatic carbocycles. The van der Waals surface area contributed by atoms with Crippen LogP contribution in [0.25, 0.3) is 12.2 Å². The SMILES string of the molecule is CCOC(=O)CC/C(C(=O)/C=C/c1ccc(OCC(=O)OC)c(OC)c1)=C(O)\C=C\c1ccc(OCC(=O)OC)c(OC)c1. The second-order valence-electron chi connectivity index (χ2n) is 8.75. The van der Waals surface area contributed by atoms with Crippen molar-refractivity contribution in [2.24, 2.45) is 0 Å². The Morgan fingerprint density at radius 1 is 0.682 bits per heavy atom. The van der Waals surface area contributed by atoms with Crippen molar-refractivity contribution in [2.45, 2.75) is 19.8 Å². The topological polar surface area (TPSA) is 153 Å². The van der Waals surface area contributed by atoms with Crippen LogP contribution in [0.5, 0.6) is 23.0 Å².